The summed E-state index contributed by atoms with van der Waals surface area (Å²) in [6, 6.07) is 0.357. The number of nitrogens with zero attached hydrogens (tertiary/aromatic N) is 2. The van der Waals surface area contributed by atoms with Gasteiger partial charge < -0.3 is 10.1 Å². The van der Waals surface area contributed by atoms with Gasteiger partial charge in [0.2, 0.25) is 0 Å². The highest BCUT2D eigenvalue weighted by Crippen LogP contribution is 2.46. The first-order valence-electron chi connectivity index (χ1n) is 8.47. The summed E-state index contributed by atoms with van der Waals surface area (Å²) in [6.07, 6.45) is 11.8. The SMILES string of the molecule is CNC(c1c(OC)cnn1C)C1CCC2CCCCC2C1. The van der Waals surface area contributed by atoms with Gasteiger partial charge in [-0.2, -0.15) is 5.10 Å². The van der Waals surface area contributed by atoms with Gasteiger partial charge in [0, 0.05) is 7.05 Å². The Balaban J connectivity index is 1.78. The maximum Gasteiger partial charge on any atom is 0.161 e. The van der Waals surface area contributed by atoms with Gasteiger partial charge in [0.05, 0.1) is 25.0 Å². The van der Waals surface area contributed by atoms with Gasteiger partial charge in [0.15, 0.2) is 5.75 Å². The smallest absolute Gasteiger partial charge is 0.161 e. The third kappa shape index (κ3) is 2.83. The fraction of sp³-hybridized carbons (Fsp3) is 0.824. The molecule has 21 heavy (non-hydrogen) atoms. The van der Waals surface area contributed by atoms with Crippen LogP contribution in [0.5, 0.6) is 5.75 Å². The van der Waals surface area contributed by atoms with Gasteiger partial charge in [-0.1, -0.05) is 25.7 Å². The molecule has 2 saturated carbocycles. The highest BCUT2D eigenvalue weighted by atomic mass is 16.5. The molecule has 0 amide bonds. The molecule has 2 aliphatic carbocycles. The molecule has 0 saturated heterocycles. The second kappa shape index (κ2) is 6.39. The van der Waals surface area contributed by atoms with E-state index in [2.05, 4.69) is 17.5 Å². The summed E-state index contributed by atoms with van der Waals surface area (Å²) < 4.78 is 7.50. The Kier molecular flexibility index (Phi) is 4.53. The summed E-state index contributed by atoms with van der Waals surface area (Å²) in [5.41, 5.74) is 1.21. The van der Waals surface area contributed by atoms with Gasteiger partial charge in [-0.05, 0) is 44.1 Å². The lowest BCUT2D eigenvalue weighted by Gasteiger charge is -2.42. The van der Waals surface area contributed by atoms with Crippen LogP contribution >= 0.6 is 0 Å². The Labute approximate surface area is 128 Å². The largest absolute Gasteiger partial charge is 0.493 e. The molecular formula is C17H29N3O. The first-order valence-corrected chi connectivity index (χ1v) is 8.47. The quantitative estimate of drug-likeness (QED) is 0.925. The molecule has 1 aromatic heterocycles. The topological polar surface area (TPSA) is 39.1 Å². The third-order valence-electron chi connectivity index (χ3n) is 5.83. The van der Waals surface area contributed by atoms with Crippen molar-refractivity contribution < 1.29 is 4.74 Å². The van der Waals surface area contributed by atoms with E-state index in [0.29, 0.717) is 12.0 Å². The van der Waals surface area contributed by atoms with Gasteiger partial charge >= 0.3 is 0 Å². The molecule has 0 aliphatic heterocycles. The number of methoxy groups -OCH3 is 1. The van der Waals surface area contributed by atoms with Crippen LogP contribution in [0, 0.1) is 17.8 Å². The number of ether oxygens (including phenoxy) is 1. The van der Waals surface area contributed by atoms with Crippen molar-refractivity contribution in [3.8, 4) is 5.75 Å². The minimum absolute atomic E-state index is 0.357. The summed E-state index contributed by atoms with van der Waals surface area (Å²) >= 11 is 0. The predicted octanol–water partition coefficient (Wildman–Crippen LogP) is 3.30. The van der Waals surface area contributed by atoms with E-state index in [9.17, 15) is 0 Å². The summed E-state index contributed by atoms with van der Waals surface area (Å²) in [5, 5.41) is 7.93. The van der Waals surface area contributed by atoms with Crippen molar-refractivity contribution in [2.24, 2.45) is 24.8 Å². The number of aromatic nitrogens is 2. The van der Waals surface area contributed by atoms with Crippen molar-refractivity contribution in [1.82, 2.24) is 15.1 Å². The average molecular weight is 291 g/mol. The minimum atomic E-state index is 0.357. The highest BCUT2D eigenvalue weighted by molar-refractivity contribution is 5.28. The Morgan fingerprint density at radius 2 is 2.00 bits per heavy atom. The molecule has 0 spiro atoms. The molecular weight excluding hydrogens is 262 g/mol. The maximum absolute atomic E-state index is 5.52. The normalized spacial score (nSPS) is 30.7. The molecule has 4 unspecified atom stereocenters. The van der Waals surface area contributed by atoms with E-state index in [1.165, 1.54) is 50.6 Å². The van der Waals surface area contributed by atoms with E-state index in [1.807, 2.05) is 17.9 Å². The molecule has 1 aromatic rings. The monoisotopic (exact) mass is 291 g/mol. The summed E-state index contributed by atoms with van der Waals surface area (Å²) in [7, 11) is 5.84. The summed E-state index contributed by atoms with van der Waals surface area (Å²) in [4.78, 5) is 0. The number of nitrogens with one attached hydrogen (secondary N) is 1. The highest BCUT2D eigenvalue weighted by Gasteiger charge is 2.37. The molecule has 0 bridgehead atoms. The number of aryl methyl sites for hydroxylation is 1. The van der Waals surface area contributed by atoms with E-state index in [-0.39, 0.29) is 0 Å². The molecule has 0 aromatic carbocycles. The lowest BCUT2D eigenvalue weighted by Crippen LogP contribution is -2.35. The number of rotatable bonds is 4. The average Bonchev–Trinajstić information content (AvgIpc) is 2.89. The second-order valence-corrected chi connectivity index (χ2v) is 6.87. The number of hydrogen-bond acceptors (Lipinski definition) is 3. The van der Waals surface area contributed by atoms with E-state index in [1.54, 1.807) is 7.11 Å². The van der Waals surface area contributed by atoms with Crippen LogP contribution in [0.4, 0.5) is 0 Å². The van der Waals surface area contributed by atoms with Crippen molar-refractivity contribution in [1.29, 1.82) is 0 Å². The van der Waals surface area contributed by atoms with Gasteiger partial charge in [0.1, 0.15) is 0 Å². The number of fused-ring (bicyclic) bond motifs is 1. The molecule has 3 rings (SSSR count). The zero-order chi connectivity index (χ0) is 14.8. The van der Waals surface area contributed by atoms with Crippen molar-refractivity contribution >= 4 is 0 Å². The van der Waals surface area contributed by atoms with Gasteiger partial charge in [-0.3, -0.25) is 4.68 Å². The summed E-state index contributed by atoms with van der Waals surface area (Å²) in [6.45, 7) is 0. The third-order valence-corrected chi connectivity index (χ3v) is 5.83. The standard InChI is InChI=1S/C17H29N3O/c1-18-16(17-15(21-3)11-19-20(17)2)14-9-8-12-6-4-5-7-13(12)10-14/h11-14,16,18H,4-10H2,1-3H3. The molecule has 118 valence electrons. The molecule has 0 radical (unpaired) electrons. The molecule has 4 heteroatoms. The van der Waals surface area contributed by atoms with E-state index >= 15 is 0 Å². The first-order chi connectivity index (χ1) is 10.2. The van der Waals surface area contributed by atoms with E-state index in [0.717, 1.165) is 17.6 Å². The first kappa shape index (κ1) is 14.9. The molecule has 4 atom stereocenters. The van der Waals surface area contributed by atoms with Crippen molar-refractivity contribution in [2.75, 3.05) is 14.2 Å². The van der Waals surface area contributed by atoms with Crippen LogP contribution in [0.2, 0.25) is 0 Å². The lowest BCUT2D eigenvalue weighted by atomic mass is 9.66. The molecule has 1 heterocycles. The van der Waals surface area contributed by atoms with Crippen LogP contribution in [0.15, 0.2) is 6.20 Å². The van der Waals surface area contributed by atoms with Crippen molar-refractivity contribution in [2.45, 2.75) is 51.0 Å². The van der Waals surface area contributed by atoms with Crippen LogP contribution in [-0.4, -0.2) is 23.9 Å². The van der Waals surface area contributed by atoms with Gasteiger partial charge in [0.25, 0.3) is 0 Å². The fourth-order valence-corrected chi connectivity index (χ4v) is 4.75. The van der Waals surface area contributed by atoms with Crippen LogP contribution in [0.25, 0.3) is 0 Å². The Morgan fingerprint density at radius 1 is 1.24 bits per heavy atom. The van der Waals surface area contributed by atoms with E-state index < -0.39 is 0 Å². The Bertz CT molecular complexity index is 471. The predicted molar refractivity (Wildman–Crippen MR) is 84.3 cm³/mol. The lowest BCUT2D eigenvalue weighted by molar-refractivity contribution is 0.109. The van der Waals surface area contributed by atoms with E-state index in [4.69, 9.17) is 4.74 Å². The zero-order valence-electron chi connectivity index (χ0n) is 13.6. The summed E-state index contributed by atoms with van der Waals surface area (Å²) in [5.74, 6) is 3.58. The maximum atomic E-state index is 5.52. The molecule has 2 aliphatic rings. The van der Waals surface area contributed by atoms with Gasteiger partial charge in [-0.25, -0.2) is 0 Å². The Hall–Kier alpha value is -1.03. The van der Waals surface area contributed by atoms with Crippen molar-refractivity contribution in [3.63, 3.8) is 0 Å². The zero-order valence-corrected chi connectivity index (χ0v) is 13.6. The van der Waals surface area contributed by atoms with Crippen LogP contribution < -0.4 is 10.1 Å². The number of hydrogen-bond donors (Lipinski definition) is 1. The van der Waals surface area contributed by atoms with Crippen molar-refractivity contribution in [3.05, 3.63) is 11.9 Å². The second-order valence-electron chi connectivity index (χ2n) is 6.87. The molecule has 1 N–H and O–H groups in total. The van der Waals surface area contributed by atoms with Crippen LogP contribution in [-0.2, 0) is 7.05 Å². The van der Waals surface area contributed by atoms with Crippen LogP contribution in [0.3, 0.4) is 0 Å². The molecule has 4 nitrogen and oxygen atoms in total. The minimum Gasteiger partial charge on any atom is -0.493 e. The van der Waals surface area contributed by atoms with Gasteiger partial charge in [-0.15, -0.1) is 0 Å². The fourth-order valence-electron chi connectivity index (χ4n) is 4.75. The Morgan fingerprint density at radius 3 is 2.71 bits per heavy atom. The van der Waals surface area contributed by atoms with Crippen LogP contribution in [0.1, 0.15) is 56.7 Å². The molecule has 2 fully saturated rings.